The fourth-order valence-corrected chi connectivity index (χ4v) is 2.50. The van der Waals surface area contributed by atoms with E-state index < -0.39 is 0 Å². The van der Waals surface area contributed by atoms with E-state index in [0.717, 1.165) is 11.1 Å². The van der Waals surface area contributed by atoms with E-state index in [4.69, 9.17) is 0 Å². The summed E-state index contributed by atoms with van der Waals surface area (Å²) in [7, 11) is 0. The maximum Gasteiger partial charge on any atom is 0.251 e. The van der Waals surface area contributed by atoms with E-state index in [9.17, 15) is 9.59 Å². The number of ketones is 1. The second-order valence-electron chi connectivity index (χ2n) is 5.85. The first-order valence-electron chi connectivity index (χ1n) is 8.42. The number of carbonyl (C=O) groups excluding carboxylic acids is 2. The van der Waals surface area contributed by atoms with Crippen LogP contribution in [0.1, 0.15) is 31.8 Å². The molecule has 3 aromatic carbocycles. The molecule has 3 heteroatoms. The standard InChI is InChI=1S/C23H19NO2/c25-22(20-9-5-2-6-10-20)16-13-18-11-14-21(15-12-18)23(26)24-17-19-7-3-1-4-8-19/h1-16H,17H2,(H,24,26). The Morgan fingerprint density at radius 3 is 2.00 bits per heavy atom. The van der Waals surface area contributed by atoms with Crippen molar-refractivity contribution in [3.8, 4) is 0 Å². The van der Waals surface area contributed by atoms with E-state index in [2.05, 4.69) is 5.32 Å². The van der Waals surface area contributed by atoms with Crippen molar-refractivity contribution in [2.75, 3.05) is 0 Å². The monoisotopic (exact) mass is 341 g/mol. The molecule has 0 aliphatic heterocycles. The third kappa shape index (κ3) is 4.77. The molecule has 0 aliphatic rings. The third-order valence-electron chi connectivity index (χ3n) is 3.95. The van der Waals surface area contributed by atoms with Crippen LogP contribution in [0, 0.1) is 0 Å². The second kappa shape index (κ2) is 8.58. The van der Waals surface area contributed by atoms with E-state index in [1.54, 1.807) is 36.4 Å². The van der Waals surface area contributed by atoms with Gasteiger partial charge in [-0.15, -0.1) is 0 Å². The van der Waals surface area contributed by atoms with E-state index in [0.29, 0.717) is 17.7 Å². The molecule has 3 aromatic rings. The van der Waals surface area contributed by atoms with Crippen LogP contribution in [0.5, 0.6) is 0 Å². The summed E-state index contributed by atoms with van der Waals surface area (Å²) in [5.74, 6) is -0.167. The van der Waals surface area contributed by atoms with Crippen molar-refractivity contribution in [1.82, 2.24) is 5.32 Å². The fourth-order valence-electron chi connectivity index (χ4n) is 2.50. The van der Waals surface area contributed by atoms with Crippen molar-refractivity contribution in [2.45, 2.75) is 6.54 Å². The van der Waals surface area contributed by atoms with Gasteiger partial charge in [0.25, 0.3) is 5.91 Å². The van der Waals surface area contributed by atoms with Crippen LogP contribution in [-0.4, -0.2) is 11.7 Å². The Morgan fingerprint density at radius 2 is 1.35 bits per heavy atom. The molecule has 0 saturated carbocycles. The normalized spacial score (nSPS) is 10.6. The van der Waals surface area contributed by atoms with E-state index >= 15 is 0 Å². The molecule has 128 valence electrons. The molecule has 0 aromatic heterocycles. The van der Waals surface area contributed by atoms with Crippen LogP contribution in [0.25, 0.3) is 6.08 Å². The Labute approximate surface area is 153 Å². The molecule has 0 fully saturated rings. The number of benzene rings is 3. The SMILES string of the molecule is O=C(C=Cc1ccc(C(=O)NCc2ccccc2)cc1)c1ccccc1. The summed E-state index contributed by atoms with van der Waals surface area (Å²) in [6.07, 6.45) is 3.29. The lowest BCUT2D eigenvalue weighted by atomic mass is 10.1. The molecule has 0 spiro atoms. The predicted octanol–water partition coefficient (Wildman–Crippen LogP) is 4.51. The summed E-state index contributed by atoms with van der Waals surface area (Å²) >= 11 is 0. The second-order valence-corrected chi connectivity index (χ2v) is 5.85. The number of nitrogens with one attached hydrogen (secondary N) is 1. The predicted molar refractivity (Wildman–Crippen MR) is 104 cm³/mol. The van der Waals surface area contributed by atoms with Gasteiger partial charge >= 0.3 is 0 Å². The third-order valence-corrected chi connectivity index (χ3v) is 3.95. The van der Waals surface area contributed by atoms with Gasteiger partial charge in [-0.05, 0) is 29.3 Å². The minimum Gasteiger partial charge on any atom is -0.348 e. The maximum absolute atomic E-state index is 12.2. The van der Waals surface area contributed by atoms with Crippen LogP contribution in [0.15, 0.2) is 91.0 Å². The van der Waals surface area contributed by atoms with Gasteiger partial charge < -0.3 is 5.32 Å². The van der Waals surface area contributed by atoms with Gasteiger partial charge in [0.15, 0.2) is 5.78 Å². The van der Waals surface area contributed by atoms with Gasteiger partial charge in [-0.2, -0.15) is 0 Å². The Morgan fingerprint density at radius 1 is 0.731 bits per heavy atom. The number of hydrogen-bond donors (Lipinski definition) is 1. The average Bonchev–Trinajstić information content (AvgIpc) is 2.72. The largest absolute Gasteiger partial charge is 0.348 e. The molecule has 1 amide bonds. The van der Waals surface area contributed by atoms with Crippen molar-refractivity contribution in [1.29, 1.82) is 0 Å². The minimum atomic E-state index is -0.121. The van der Waals surface area contributed by atoms with Gasteiger partial charge in [0, 0.05) is 17.7 Å². The molecule has 0 radical (unpaired) electrons. The molecule has 0 saturated heterocycles. The molecular weight excluding hydrogens is 322 g/mol. The summed E-state index contributed by atoms with van der Waals surface area (Å²) in [6, 6.07) is 26.1. The van der Waals surface area contributed by atoms with Crippen LogP contribution in [-0.2, 0) is 6.54 Å². The number of carbonyl (C=O) groups is 2. The van der Waals surface area contributed by atoms with Crippen LogP contribution in [0.2, 0.25) is 0 Å². The van der Waals surface area contributed by atoms with E-state index in [1.165, 1.54) is 0 Å². The minimum absolute atomic E-state index is 0.0460. The van der Waals surface area contributed by atoms with Gasteiger partial charge in [0.05, 0.1) is 0 Å². The Hall–Kier alpha value is -3.46. The molecule has 0 heterocycles. The van der Waals surface area contributed by atoms with Gasteiger partial charge in [-0.1, -0.05) is 78.9 Å². The van der Waals surface area contributed by atoms with E-state index in [1.807, 2.05) is 60.7 Å². The fraction of sp³-hybridized carbons (Fsp3) is 0.0435. The summed E-state index contributed by atoms with van der Waals surface area (Å²) in [5, 5.41) is 2.90. The number of amides is 1. The zero-order chi connectivity index (χ0) is 18.2. The lowest BCUT2D eigenvalue weighted by Crippen LogP contribution is -2.22. The van der Waals surface area contributed by atoms with Crippen molar-refractivity contribution in [3.05, 3.63) is 113 Å². The Kier molecular flexibility index (Phi) is 5.73. The van der Waals surface area contributed by atoms with Crippen molar-refractivity contribution >= 4 is 17.8 Å². The molecular formula is C23H19NO2. The molecule has 3 rings (SSSR count). The van der Waals surface area contributed by atoms with Crippen LogP contribution in [0.4, 0.5) is 0 Å². The zero-order valence-electron chi connectivity index (χ0n) is 14.3. The highest BCUT2D eigenvalue weighted by Gasteiger charge is 2.05. The van der Waals surface area contributed by atoms with Gasteiger partial charge in [-0.25, -0.2) is 0 Å². The lowest BCUT2D eigenvalue weighted by Gasteiger charge is -2.05. The summed E-state index contributed by atoms with van der Waals surface area (Å²) < 4.78 is 0. The number of hydrogen-bond acceptors (Lipinski definition) is 2. The Bertz CT molecular complexity index is 898. The Balaban J connectivity index is 1.58. The highest BCUT2D eigenvalue weighted by atomic mass is 16.1. The number of allylic oxidation sites excluding steroid dienone is 1. The van der Waals surface area contributed by atoms with E-state index in [-0.39, 0.29) is 11.7 Å². The van der Waals surface area contributed by atoms with Gasteiger partial charge in [-0.3, -0.25) is 9.59 Å². The molecule has 26 heavy (non-hydrogen) atoms. The van der Waals surface area contributed by atoms with Crippen molar-refractivity contribution < 1.29 is 9.59 Å². The molecule has 0 unspecified atom stereocenters. The van der Waals surface area contributed by atoms with Crippen LogP contribution in [0.3, 0.4) is 0 Å². The topological polar surface area (TPSA) is 46.2 Å². The first kappa shape index (κ1) is 17.4. The maximum atomic E-state index is 12.2. The molecule has 0 aliphatic carbocycles. The highest BCUT2D eigenvalue weighted by Crippen LogP contribution is 2.09. The van der Waals surface area contributed by atoms with Crippen molar-refractivity contribution in [2.24, 2.45) is 0 Å². The smallest absolute Gasteiger partial charge is 0.251 e. The van der Waals surface area contributed by atoms with Crippen molar-refractivity contribution in [3.63, 3.8) is 0 Å². The first-order chi connectivity index (χ1) is 12.7. The number of rotatable bonds is 6. The van der Waals surface area contributed by atoms with Crippen LogP contribution >= 0.6 is 0 Å². The van der Waals surface area contributed by atoms with Gasteiger partial charge in [0.2, 0.25) is 0 Å². The van der Waals surface area contributed by atoms with Gasteiger partial charge in [0.1, 0.15) is 0 Å². The summed E-state index contributed by atoms with van der Waals surface area (Å²) in [6.45, 7) is 0.493. The lowest BCUT2D eigenvalue weighted by molar-refractivity contribution is 0.0950. The molecule has 3 nitrogen and oxygen atoms in total. The zero-order valence-corrected chi connectivity index (χ0v) is 14.3. The first-order valence-corrected chi connectivity index (χ1v) is 8.42. The molecule has 0 atom stereocenters. The summed E-state index contributed by atoms with van der Waals surface area (Å²) in [4.78, 5) is 24.3. The summed E-state index contributed by atoms with van der Waals surface area (Å²) in [5.41, 5.74) is 3.17. The quantitative estimate of drug-likeness (QED) is 0.529. The molecule has 1 N–H and O–H groups in total. The highest BCUT2D eigenvalue weighted by molar-refractivity contribution is 6.06. The molecule has 0 bridgehead atoms. The van der Waals surface area contributed by atoms with Crippen LogP contribution < -0.4 is 5.32 Å². The average molecular weight is 341 g/mol.